The van der Waals surface area contributed by atoms with Gasteiger partial charge in [-0.2, -0.15) is 0 Å². The average Bonchev–Trinajstić information content (AvgIpc) is 2.48. The highest BCUT2D eigenvalue weighted by atomic mass is 17.2. The monoisotopic (exact) mass is 312 g/mol. The van der Waals surface area contributed by atoms with E-state index in [2.05, 4.69) is 27.7 Å². The quantitative estimate of drug-likeness (QED) is 0.389. The lowest BCUT2D eigenvalue weighted by Crippen LogP contribution is -2.34. The van der Waals surface area contributed by atoms with E-state index in [4.69, 9.17) is 9.78 Å². The first-order valence-electron chi connectivity index (χ1n) is 8.86. The van der Waals surface area contributed by atoms with E-state index in [1.54, 1.807) is 0 Å². The van der Waals surface area contributed by atoms with Gasteiger partial charge in [0.2, 0.25) is 0 Å². The van der Waals surface area contributed by atoms with Crippen LogP contribution in [-0.4, -0.2) is 11.9 Å². The fourth-order valence-corrected chi connectivity index (χ4v) is 3.36. The highest BCUT2D eigenvalue weighted by Crippen LogP contribution is 2.38. The molecule has 1 rings (SSSR count). The number of unbranched alkanes of at least 4 members (excludes halogenated alkanes) is 3. The Bertz CT molecular complexity index is 351. The van der Waals surface area contributed by atoms with Gasteiger partial charge in [-0.05, 0) is 37.0 Å². The minimum Gasteiger partial charge on any atom is -0.247 e. The Morgan fingerprint density at radius 1 is 1.09 bits per heavy atom. The van der Waals surface area contributed by atoms with Crippen LogP contribution in [0.25, 0.3) is 0 Å². The van der Waals surface area contributed by atoms with Gasteiger partial charge in [0, 0.05) is 0 Å². The van der Waals surface area contributed by atoms with E-state index in [1.165, 1.54) is 0 Å². The van der Waals surface area contributed by atoms with Crippen molar-refractivity contribution in [2.45, 2.75) is 79.1 Å². The van der Waals surface area contributed by atoms with Crippen molar-refractivity contribution in [3.63, 3.8) is 0 Å². The summed E-state index contributed by atoms with van der Waals surface area (Å²) in [4.78, 5) is 33.4. The van der Waals surface area contributed by atoms with Crippen molar-refractivity contribution in [1.29, 1.82) is 0 Å². The van der Waals surface area contributed by atoms with Crippen LogP contribution in [0.5, 0.6) is 0 Å². The molecule has 0 aromatic heterocycles. The van der Waals surface area contributed by atoms with Gasteiger partial charge in [-0.3, -0.25) is 0 Å². The summed E-state index contributed by atoms with van der Waals surface area (Å²) >= 11 is 0. The van der Waals surface area contributed by atoms with Crippen LogP contribution >= 0.6 is 0 Å². The number of rotatable bonds is 7. The highest BCUT2D eigenvalue weighted by molar-refractivity contribution is 5.75. The number of carbonyl (C=O) groups excluding carboxylic acids is 2. The lowest BCUT2D eigenvalue weighted by molar-refractivity contribution is -0.264. The van der Waals surface area contributed by atoms with Gasteiger partial charge in [0.15, 0.2) is 0 Å². The molecule has 128 valence electrons. The summed E-state index contributed by atoms with van der Waals surface area (Å²) in [5.41, 5.74) is 0. The molecular weight excluding hydrogens is 280 g/mol. The maximum absolute atomic E-state index is 12.2. The molecule has 1 aliphatic rings. The molecule has 3 atom stereocenters. The number of carbonyl (C=O) groups is 2. The maximum atomic E-state index is 12.2. The van der Waals surface area contributed by atoms with Gasteiger partial charge >= 0.3 is 11.9 Å². The van der Waals surface area contributed by atoms with Crippen LogP contribution in [-0.2, 0) is 19.4 Å². The molecule has 0 amide bonds. The first-order valence-corrected chi connectivity index (χ1v) is 8.86. The molecule has 0 heterocycles. The lowest BCUT2D eigenvalue weighted by atomic mass is 9.70. The van der Waals surface area contributed by atoms with Crippen molar-refractivity contribution in [1.82, 2.24) is 0 Å². The Morgan fingerprint density at radius 3 is 2.45 bits per heavy atom. The molecule has 0 bridgehead atoms. The van der Waals surface area contributed by atoms with Crippen molar-refractivity contribution in [2.24, 2.45) is 23.7 Å². The van der Waals surface area contributed by atoms with Gasteiger partial charge in [0.1, 0.15) is 0 Å². The summed E-state index contributed by atoms with van der Waals surface area (Å²) in [5.74, 6) is 0.345. The van der Waals surface area contributed by atoms with Crippen LogP contribution < -0.4 is 0 Å². The molecule has 4 heteroatoms. The second kappa shape index (κ2) is 9.86. The zero-order chi connectivity index (χ0) is 16.5. The Kier molecular flexibility index (Phi) is 8.51. The van der Waals surface area contributed by atoms with Gasteiger partial charge in [-0.25, -0.2) is 19.4 Å². The van der Waals surface area contributed by atoms with Crippen molar-refractivity contribution in [3.05, 3.63) is 0 Å². The normalized spacial score (nSPS) is 25.0. The van der Waals surface area contributed by atoms with Crippen LogP contribution in [0.3, 0.4) is 0 Å². The van der Waals surface area contributed by atoms with E-state index < -0.39 is 5.97 Å². The third-order valence-electron chi connectivity index (χ3n) is 4.78. The van der Waals surface area contributed by atoms with Crippen LogP contribution in [0.4, 0.5) is 0 Å². The maximum Gasteiger partial charge on any atom is 0.358 e. The summed E-state index contributed by atoms with van der Waals surface area (Å²) in [6, 6.07) is 0. The molecule has 0 saturated heterocycles. The SMILES string of the molecule is CCCCCCC(=O)OOC(=O)C1CC(C)CCC1C(C)C. The molecule has 0 radical (unpaired) electrons. The largest absolute Gasteiger partial charge is 0.358 e. The predicted octanol–water partition coefficient (Wildman–Crippen LogP) is 4.67. The first-order chi connectivity index (χ1) is 10.5. The molecule has 0 aromatic rings. The third-order valence-corrected chi connectivity index (χ3v) is 4.78. The Balaban J connectivity index is 2.37. The molecule has 22 heavy (non-hydrogen) atoms. The Labute approximate surface area is 134 Å². The molecule has 0 spiro atoms. The molecule has 3 unspecified atom stereocenters. The van der Waals surface area contributed by atoms with Crippen molar-refractivity contribution < 1.29 is 19.4 Å². The Morgan fingerprint density at radius 2 is 1.82 bits per heavy atom. The van der Waals surface area contributed by atoms with E-state index in [0.29, 0.717) is 24.2 Å². The zero-order valence-electron chi connectivity index (χ0n) is 14.6. The van der Waals surface area contributed by atoms with Gasteiger partial charge in [-0.15, -0.1) is 0 Å². The van der Waals surface area contributed by atoms with Crippen LogP contribution in [0.1, 0.15) is 79.1 Å². The molecule has 1 saturated carbocycles. The zero-order valence-corrected chi connectivity index (χ0v) is 14.6. The molecular formula is C18H32O4. The molecule has 1 fully saturated rings. The number of hydrogen-bond donors (Lipinski definition) is 0. The highest BCUT2D eigenvalue weighted by Gasteiger charge is 2.37. The van der Waals surface area contributed by atoms with Crippen molar-refractivity contribution >= 4 is 11.9 Å². The van der Waals surface area contributed by atoms with Gasteiger partial charge < -0.3 is 0 Å². The molecule has 4 nitrogen and oxygen atoms in total. The van der Waals surface area contributed by atoms with E-state index >= 15 is 0 Å². The average molecular weight is 312 g/mol. The fraction of sp³-hybridized carbons (Fsp3) is 0.889. The minimum atomic E-state index is -0.436. The third kappa shape index (κ3) is 6.37. The molecule has 0 N–H and O–H groups in total. The van der Waals surface area contributed by atoms with Crippen LogP contribution in [0.2, 0.25) is 0 Å². The Hall–Kier alpha value is -1.06. The summed E-state index contributed by atoms with van der Waals surface area (Å²) in [5, 5.41) is 0. The predicted molar refractivity (Wildman–Crippen MR) is 85.8 cm³/mol. The second-order valence-corrected chi connectivity index (χ2v) is 7.10. The van der Waals surface area contributed by atoms with Crippen LogP contribution in [0, 0.1) is 23.7 Å². The second-order valence-electron chi connectivity index (χ2n) is 7.10. The minimum absolute atomic E-state index is 0.142. The van der Waals surface area contributed by atoms with E-state index in [0.717, 1.165) is 44.9 Å². The summed E-state index contributed by atoms with van der Waals surface area (Å²) in [6.45, 7) is 8.56. The topological polar surface area (TPSA) is 52.6 Å². The molecule has 0 aliphatic heterocycles. The van der Waals surface area contributed by atoms with Crippen LogP contribution in [0.15, 0.2) is 0 Å². The van der Waals surface area contributed by atoms with Gasteiger partial charge in [-0.1, -0.05) is 53.4 Å². The molecule has 1 aliphatic carbocycles. The van der Waals surface area contributed by atoms with Gasteiger partial charge in [0.25, 0.3) is 0 Å². The van der Waals surface area contributed by atoms with E-state index in [1.807, 2.05) is 0 Å². The lowest BCUT2D eigenvalue weighted by Gasteiger charge is -2.35. The molecule has 0 aromatic carbocycles. The number of hydrogen-bond acceptors (Lipinski definition) is 4. The summed E-state index contributed by atoms with van der Waals surface area (Å²) in [6.07, 6.45) is 7.39. The fourth-order valence-electron chi connectivity index (χ4n) is 3.36. The summed E-state index contributed by atoms with van der Waals surface area (Å²) < 4.78 is 0. The smallest absolute Gasteiger partial charge is 0.247 e. The standard InChI is InChI=1S/C18H32O4/c1-5-6-7-8-9-17(19)21-22-18(20)16-12-14(4)10-11-15(16)13(2)3/h13-16H,5-12H2,1-4H3. The van der Waals surface area contributed by atoms with Gasteiger partial charge in [0.05, 0.1) is 12.3 Å². The first kappa shape index (κ1) is 19.0. The summed E-state index contributed by atoms with van der Waals surface area (Å²) in [7, 11) is 0. The van der Waals surface area contributed by atoms with Crippen molar-refractivity contribution in [2.75, 3.05) is 0 Å². The van der Waals surface area contributed by atoms with E-state index in [-0.39, 0.29) is 11.9 Å². The van der Waals surface area contributed by atoms with E-state index in [9.17, 15) is 9.59 Å². The van der Waals surface area contributed by atoms with Crippen molar-refractivity contribution in [3.8, 4) is 0 Å².